The number of aliphatic hydroxyl groups is 1. The molecule has 0 aliphatic heterocycles. The summed E-state index contributed by atoms with van der Waals surface area (Å²) in [6, 6.07) is 12.2. The Kier molecular flexibility index (Phi) is 7.00. The molecule has 1 fully saturated rings. The van der Waals surface area contributed by atoms with E-state index in [0.29, 0.717) is 29.6 Å². The van der Waals surface area contributed by atoms with Crippen molar-refractivity contribution >= 4 is 5.69 Å². The van der Waals surface area contributed by atoms with Crippen molar-refractivity contribution < 1.29 is 27.4 Å². The second kappa shape index (κ2) is 9.48. The molecule has 1 N–H and O–H groups in total. The van der Waals surface area contributed by atoms with E-state index < -0.39 is 18.8 Å². The molecule has 2 aromatic carbocycles. The summed E-state index contributed by atoms with van der Waals surface area (Å²) in [5.74, 6) is 0.777. The topological polar surface area (TPSA) is 32.7 Å². The van der Waals surface area contributed by atoms with Crippen LogP contribution in [-0.2, 0) is 0 Å². The maximum Gasteiger partial charge on any atom is 0.416 e. The molecule has 3 rings (SSSR count). The van der Waals surface area contributed by atoms with Crippen LogP contribution < -0.4 is 9.64 Å². The van der Waals surface area contributed by atoms with Crippen LogP contribution in [0.5, 0.6) is 11.5 Å². The molecule has 1 aliphatic rings. The normalized spacial score (nSPS) is 16.4. The van der Waals surface area contributed by atoms with Gasteiger partial charge in [-0.15, -0.1) is 0 Å². The molecule has 1 atom stereocenters. The average molecular weight is 411 g/mol. The van der Waals surface area contributed by atoms with E-state index >= 15 is 0 Å². The van der Waals surface area contributed by atoms with Gasteiger partial charge in [0.1, 0.15) is 17.3 Å². The van der Waals surface area contributed by atoms with Gasteiger partial charge in [-0.3, -0.25) is 0 Å². The number of ether oxygens (including phenoxy) is 1. The Hall–Kier alpha value is -2.28. The minimum absolute atomic E-state index is 0.297. The van der Waals surface area contributed by atoms with Crippen LogP contribution in [0.25, 0.3) is 0 Å². The van der Waals surface area contributed by atoms with Crippen molar-refractivity contribution in [3.8, 4) is 11.5 Å². The number of hydrogen-bond donors (Lipinski definition) is 1. The summed E-state index contributed by atoms with van der Waals surface area (Å²) in [5.41, 5.74) is 0.554. The molecule has 0 radical (unpaired) electrons. The summed E-state index contributed by atoms with van der Waals surface area (Å²) in [6.07, 6.45) is -1.83. The second-order valence-electron chi connectivity index (χ2n) is 7.52. The molecule has 0 amide bonds. The lowest BCUT2D eigenvalue weighted by Gasteiger charge is -2.33. The zero-order valence-corrected chi connectivity index (χ0v) is 16.0. The SMILES string of the molecule is OC(CN(CC1CCCCC1)c1cccc(Oc2ccc(F)cc2)c1)C(F)(F)F. The minimum Gasteiger partial charge on any atom is -0.457 e. The molecule has 0 bridgehead atoms. The van der Waals surface area contributed by atoms with Crippen LogP contribution in [0.3, 0.4) is 0 Å². The van der Waals surface area contributed by atoms with Crippen molar-refractivity contribution in [2.45, 2.75) is 44.4 Å². The zero-order chi connectivity index (χ0) is 20.9. The van der Waals surface area contributed by atoms with Gasteiger partial charge in [-0.05, 0) is 55.2 Å². The molecule has 3 nitrogen and oxygen atoms in total. The zero-order valence-electron chi connectivity index (χ0n) is 16.0. The maximum absolute atomic E-state index is 13.1. The van der Waals surface area contributed by atoms with Gasteiger partial charge in [-0.1, -0.05) is 25.3 Å². The third-order valence-electron chi connectivity index (χ3n) is 5.21. The fourth-order valence-electron chi connectivity index (χ4n) is 3.66. The summed E-state index contributed by atoms with van der Waals surface area (Å²) in [5, 5.41) is 9.64. The molecular weight excluding hydrogens is 386 g/mol. The lowest BCUT2D eigenvalue weighted by atomic mass is 9.88. The molecule has 158 valence electrons. The van der Waals surface area contributed by atoms with E-state index in [9.17, 15) is 22.7 Å². The van der Waals surface area contributed by atoms with Gasteiger partial charge < -0.3 is 14.7 Å². The Morgan fingerprint density at radius 2 is 1.69 bits per heavy atom. The number of nitrogens with zero attached hydrogens (tertiary/aromatic N) is 1. The van der Waals surface area contributed by atoms with Gasteiger partial charge in [0.2, 0.25) is 0 Å². The van der Waals surface area contributed by atoms with E-state index in [-0.39, 0.29) is 5.82 Å². The van der Waals surface area contributed by atoms with Crippen LogP contribution in [0, 0.1) is 11.7 Å². The number of hydrogen-bond acceptors (Lipinski definition) is 3. The Balaban J connectivity index is 1.78. The first-order valence-electron chi connectivity index (χ1n) is 9.84. The molecule has 0 aromatic heterocycles. The lowest BCUT2D eigenvalue weighted by Crippen LogP contribution is -2.43. The smallest absolute Gasteiger partial charge is 0.416 e. The summed E-state index contributed by atoms with van der Waals surface area (Å²) in [4.78, 5) is 1.59. The third kappa shape index (κ3) is 6.35. The highest BCUT2D eigenvalue weighted by molar-refractivity contribution is 5.52. The second-order valence-corrected chi connectivity index (χ2v) is 7.52. The first-order valence-corrected chi connectivity index (χ1v) is 9.84. The summed E-state index contributed by atoms with van der Waals surface area (Å²) < 4.78 is 57.7. The molecule has 1 unspecified atom stereocenters. The van der Waals surface area contributed by atoms with Crippen molar-refractivity contribution in [1.29, 1.82) is 0 Å². The van der Waals surface area contributed by atoms with Crippen molar-refractivity contribution in [1.82, 2.24) is 0 Å². The number of alkyl halides is 3. The lowest BCUT2D eigenvalue weighted by molar-refractivity contribution is -0.200. The van der Waals surface area contributed by atoms with Gasteiger partial charge in [-0.2, -0.15) is 13.2 Å². The molecule has 2 aromatic rings. The minimum atomic E-state index is -4.67. The monoisotopic (exact) mass is 411 g/mol. The molecular formula is C22H25F4NO2. The Bertz CT molecular complexity index is 773. The van der Waals surface area contributed by atoms with E-state index in [0.717, 1.165) is 32.1 Å². The molecule has 1 saturated carbocycles. The highest BCUT2D eigenvalue weighted by atomic mass is 19.4. The van der Waals surface area contributed by atoms with Crippen LogP contribution in [0.15, 0.2) is 48.5 Å². The number of halogens is 4. The Labute approximate surface area is 167 Å². The van der Waals surface area contributed by atoms with Gasteiger partial charge in [0, 0.05) is 18.3 Å². The summed E-state index contributed by atoms with van der Waals surface area (Å²) >= 11 is 0. The van der Waals surface area contributed by atoms with Crippen molar-refractivity contribution in [2.75, 3.05) is 18.0 Å². The maximum atomic E-state index is 13.1. The van der Waals surface area contributed by atoms with Gasteiger partial charge in [-0.25, -0.2) is 4.39 Å². The van der Waals surface area contributed by atoms with Crippen molar-refractivity contribution in [3.63, 3.8) is 0 Å². The number of rotatable bonds is 7. The molecule has 7 heteroatoms. The first kappa shape index (κ1) is 21.4. The largest absolute Gasteiger partial charge is 0.457 e. The standard InChI is InChI=1S/C22H25F4NO2/c23-17-9-11-19(12-10-17)29-20-8-4-7-18(13-20)27(15-21(28)22(24,25)26)14-16-5-2-1-3-6-16/h4,7-13,16,21,28H,1-3,5-6,14-15H2. The predicted octanol–water partition coefficient (Wildman–Crippen LogP) is 5.93. The van der Waals surface area contributed by atoms with Gasteiger partial charge in [0.05, 0.1) is 6.54 Å². The van der Waals surface area contributed by atoms with E-state index in [1.54, 1.807) is 29.2 Å². The van der Waals surface area contributed by atoms with Crippen molar-refractivity contribution in [2.24, 2.45) is 5.92 Å². The highest BCUT2D eigenvalue weighted by Gasteiger charge is 2.39. The number of benzene rings is 2. The van der Waals surface area contributed by atoms with Gasteiger partial charge in [0.15, 0.2) is 6.10 Å². The first-order chi connectivity index (χ1) is 13.8. The Morgan fingerprint density at radius 1 is 1.00 bits per heavy atom. The predicted molar refractivity (Wildman–Crippen MR) is 104 cm³/mol. The molecule has 29 heavy (non-hydrogen) atoms. The van der Waals surface area contributed by atoms with Gasteiger partial charge in [0.25, 0.3) is 0 Å². The summed E-state index contributed by atoms with van der Waals surface area (Å²) in [7, 11) is 0. The Morgan fingerprint density at radius 3 is 2.34 bits per heavy atom. The molecule has 1 aliphatic carbocycles. The third-order valence-corrected chi connectivity index (χ3v) is 5.21. The van der Waals surface area contributed by atoms with E-state index in [1.165, 1.54) is 24.3 Å². The molecule has 0 heterocycles. The fourth-order valence-corrected chi connectivity index (χ4v) is 3.66. The van der Waals surface area contributed by atoms with E-state index in [4.69, 9.17) is 4.74 Å². The number of aliphatic hydroxyl groups excluding tert-OH is 1. The average Bonchev–Trinajstić information content (AvgIpc) is 2.69. The highest BCUT2D eigenvalue weighted by Crippen LogP contribution is 2.31. The van der Waals surface area contributed by atoms with Crippen LogP contribution in [0.4, 0.5) is 23.2 Å². The van der Waals surface area contributed by atoms with Gasteiger partial charge >= 0.3 is 6.18 Å². The quantitative estimate of drug-likeness (QED) is 0.574. The van der Waals surface area contributed by atoms with Crippen molar-refractivity contribution in [3.05, 3.63) is 54.3 Å². The molecule has 0 spiro atoms. The van der Waals surface area contributed by atoms with E-state index in [2.05, 4.69) is 0 Å². The fraction of sp³-hybridized carbons (Fsp3) is 0.455. The molecule has 0 saturated heterocycles. The van der Waals surface area contributed by atoms with Crippen LogP contribution in [-0.4, -0.2) is 30.5 Å². The summed E-state index contributed by atoms with van der Waals surface area (Å²) in [6.45, 7) is -0.0762. The van der Waals surface area contributed by atoms with Crippen LogP contribution in [0.1, 0.15) is 32.1 Å². The van der Waals surface area contributed by atoms with E-state index in [1.807, 2.05) is 0 Å². The number of anilines is 1. The van der Waals surface area contributed by atoms with Crippen LogP contribution >= 0.6 is 0 Å². The van der Waals surface area contributed by atoms with Crippen LogP contribution in [0.2, 0.25) is 0 Å².